The molecule has 103 heavy (non-hydrogen) atoms. The lowest BCUT2D eigenvalue weighted by molar-refractivity contribution is -0.161. The van der Waals surface area contributed by atoms with Gasteiger partial charge in [-0.05, 0) is 43.4 Å². The Balaban J connectivity index is 5.23. The number of aliphatic hydroxyl groups is 1. The molecule has 19 heteroatoms. The summed E-state index contributed by atoms with van der Waals surface area (Å²) in [7, 11) is -9.93. The van der Waals surface area contributed by atoms with Crippen LogP contribution in [0.25, 0.3) is 0 Å². The van der Waals surface area contributed by atoms with Gasteiger partial charge in [-0.2, -0.15) is 0 Å². The molecule has 17 nitrogen and oxygen atoms in total. The lowest BCUT2D eigenvalue weighted by atomic mass is 10.00. The molecule has 6 atom stereocenters. The molecule has 0 heterocycles. The van der Waals surface area contributed by atoms with Gasteiger partial charge in [0.25, 0.3) is 0 Å². The highest BCUT2D eigenvalue weighted by Gasteiger charge is 2.30. The van der Waals surface area contributed by atoms with Crippen molar-refractivity contribution in [3.05, 3.63) is 0 Å². The number of carbonyl (C=O) groups is 4. The first-order chi connectivity index (χ1) is 49.8. The third-order valence-corrected chi connectivity index (χ3v) is 21.9. The number of carbonyl (C=O) groups excluding carboxylic acids is 4. The molecular formula is C84H164O17P2. The fourth-order valence-electron chi connectivity index (χ4n) is 13.0. The van der Waals surface area contributed by atoms with Crippen molar-refractivity contribution >= 4 is 39.5 Å². The van der Waals surface area contributed by atoms with Gasteiger partial charge in [-0.25, -0.2) is 9.13 Å². The van der Waals surface area contributed by atoms with Crippen LogP contribution < -0.4 is 0 Å². The van der Waals surface area contributed by atoms with Crippen molar-refractivity contribution in [1.82, 2.24) is 0 Å². The second-order valence-electron chi connectivity index (χ2n) is 31.4. The summed E-state index contributed by atoms with van der Waals surface area (Å²) in [5.74, 6) is 0.200. The zero-order valence-electron chi connectivity index (χ0n) is 67.8. The average Bonchev–Trinajstić information content (AvgIpc) is 0.911. The molecule has 0 amide bonds. The normalized spacial score (nSPS) is 14.2. The smallest absolute Gasteiger partial charge is 0.462 e. The third kappa shape index (κ3) is 76.6. The molecule has 0 rings (SSSR count). The van der Waals surface area contributed by atoms with E-state index in [1.54, 1.807) is 0 Å². The van der Waals surface area contributed by atoms with Crippen LogP contribution in [0, 0.1) is 17.8 Å². The van der Waals surface area contributed by atoms with Gasteiger partial charge in [-0.15, -0.1) is 0 Å². The Morgan fingerprint density at radius 2 is 0.495 bits per heavy atom. The Morgan fingerprint density at radius 1 is 0.282 bits per heavy atom. The van der Waals surface area contributed by atoms with Crippen molar-refractivity contribution in [3.8, 4) is 0 Å². The first-order valence-corrected chi connectivity index (χ1v) is 46.4. The molecule has 3 N–H and O–H groups in total. The van der Waals surface area contributed by atoms with Gasteiger partial charge in [0.15, 0.2) is 12.2 Å². The van der Waals surface area contributed by atoms with Crippen LogP contribution in [0.4, 0.5) is 0 Å². The molecule has 3 unspecified atom stereocenters. The van der Waals surface area contributed by atoms with Gasteiger partial charge >= 0.3 is 39.5 Å². The quantitative estimate of drug-likeness (QED) is 0.0222. The molecule has 612 valence electrons. The Hall–Kier alpha value is -1.94. The van der Waals surface area contributed by atoms with Crippen LogP contribution in [0.2, 0.25) is 0 Å². The molecule has 0 aromatic rings. The van der Waals surface area contributed by atoms with Crippen LogP contribution in [0.15, 0.2) is 0 Å². The van der Waals surface area contributed by atoms with Crippen molar-refractivity contribution in [2.45, 2.75) is 458 Å². The highest BCUT2D eigenvalue weighted by Crippen LogP contribution is 2.45. The molecule has 0 radical (unpaired) electrons. The van der Waals surface area contributed by atoms with Gasteiger partial charge in [-0.3, -0.25) is 37.3 Å². The van der Waals surface area contributed by atoms with E-state index in [0.717, 1.165) is 114 Å². The van der Waals surface area contributed by atoms with E-state index >= 15 is 0 Å². The molecule has 0 saturated heterocycles. The lowest BCUT2D eigenvalue weighted by Gasteiger charge is -2.21. The second kappa shape index (κ2) is 74.2. The Labute approximate surface area is 632 Å². The van der Waals surface area contributed by atoms with Gasteiger partial charge in [0.2, 0.25) is 0 Å². The number of rotatable bonds is 82. The van der Waals surface area contributed by atoms with E-state index in [1.807, 2.05) is 0 Å². The highest BCUT2D eigenvalue weighted by molar-refractivity contribution is 7.47. The molecule has 0 aromatic carbocycles. The second-order valence-corrected chi connectivity index (χ2v) is 34.3. The summed E-state index contributed by atoms with van der Waals surface area (Å²) < 4.78 is 68.8. The maximum absolute atomic E-state index is 13.1. The van der Waals surface area contributed by atoms with Crippen LogP contribution in [0.5, 0.6) is 0 Å². The monoisotopic (exact) mass is 1510 g/mol. The Kier molecular flexibility index (Phi) is 72.8. The van der Waals surface area contributed by atoms with E-state index in [-0.39, 0.29) is 25.7 Å². The van der Waals surface area contributed by atoms with Crippen LogP contribution in [0.1, 0.15) is 440 Å². The maximum Gasteiger partial charge on any atom is 0.472 e. The number of esters is 4. The van der Waals surface area contributed by atoms with Crippen LogP contribution in [0.3, 0.4) is 0 Å². The fourth-order valence-corrected chi connectivity index (χ4v) is 14.6. The minimum absolute atomic E-state index is 0.106. The molecule has 0 aromatic heterocycles. The van der Waals surface area contributed by atoms with E-state index in [1.165, 1.54) is 244 Å². The average molecular weight is 1510 g/mol. The van der Waals surface area contributed by atoms with Crippen LogP contribution >= 0.6 is 15.6 Å². The molecule has 0 saturated carbocycles. The van der Waals surface area contributed by atoms with Gasteiger partial charge in [0.05, 0.1) is 26.4 Å². The van der Waals surface area contributed by atoms with E-state index in [9.17, 15) is 43.2 Å². The summed E-state index contributed by atoms with van der Waals surface area (Å²) in [4.78, 5) is 73.1. The van der Waals surface area contributed by atoms with Crippen molar-refractivity contribution in [3.63, 3.8) is 0 Å². The lowest BCUT2D eigenvalue weighted by Crippen LogP contribution is -2.30. The number of unbranched alkanes of at least 4 members (excludes halogenated alkanes) is 49. The molecule has 0 bridgehead atoms. The molecule has 0 spiro atoms. The van der Waals surface area contributed by atoms with E-state index in [0.29, 0.717) is 25.7 Å². The molecule has 0 aliphatic rings. The third-order valence-electron chi connectivity index (χ3n) is 20.0. The number of phosphoric acid groups is 2. The maximum atomic E-state index is 13.1. The zero-order valence-corrected chi connectivity index (χ0v) is 69.6. The van der Waals surface area contributed by atoms with Gasteiger partial charge < -0.3 is 33.8 Å². The summed E-state index contributed by atoms with van der Waals surface area (Å²) in [5.41, 5.74) is 0. The topological polar surface area (TPSA) is 237 Å². The van der Waals surface area contributed by atoms with E-state index in [2.05, 4.69) is 48.5 Å². The summed E-state index contributed by atoms with van der Waals surface area (Å²) in [6, 6.07) is 0. The first-order valence-electron chi connectivity index (χ1n) is 43.4. The van der Waals surface area contributed by atoms with Gasteiger partial charge in [0.1, 0.15) is 19.3 Å². The molecule has 0 fully saturated rings. The minimum Gasteiger partial charge on any atom is -0.462 e. The van der Waals surface area contributed by atoms with E-state index < -0.39 is 97.5 Å². The highest BCUT2D eigenvalue weighted by atomic mass is 31.2. The van der Waals surface area contributed by atoms with Crippen LogP contribution in [-0.2, 0) is 65.4 Å². The standard InChI is InChI=1S/C84H164O17P2/c1-8-10-11-12-13-14-15-16-17-18-19-20-21-26-29-34-39-44-53-60-67-83(88)100-79(71-94-81(86)65-58-51-43-38-33-28-25-23-22-24-27-31-36-41-48-55-62-75(3)4)73-98-102(90,91)96-69-78(85)70-97-103(92,93)99-74-80(72-95-82(87)66-59-52-47-46-50-57-64-77(7)9-2)101-84(89)68-61-54-45-40-35-30-32-37-42-49-56-63-76(5)6/h75-80,85H,8-74H2,1-7H3,(H,90,91)(H,92,93)/t77?,78-,79-,80-/m1/s1. The first kappa shape index (κ1) is 101. The summed E-state index contributed by atoms with van der Waals surface area (Å²) in [5, 5.41) is 10.7. The number of aliphatic hydroxyl groups excluding tert-OH is 1. The Morgan fingerprint density at radius 3 is 0.738 bits per heavy atom. The molecule has 0 aliphatic carbocycles. The van der Waals surface area contributed by atoms with Gasteiger partial charge in [-0.1, -0.05) is 389 Å². The number of hydrogen-bond donors (Lipinski definition) is 3. The number of phosphoric ester groups is 2. The van der Waals surface area contributed by atoms with Crippen molar-refractivity contribution in [2.75, 3.05) is 39.6 Å². The minimum atomic E-state index is -4.97. The van der Waals surface area contributed by atoms with E-state index in [4.69, 9.17) is 37.0 Å². The number of ether oxygens (including phenoxy) is 4. The predicted octanol–water partition coefficient (Wildman–Crippen LogP) is 25.3. The predicted molar refractivity (Wildman–Crippen MR) is 423 cm³/mol. The Bertz CT molecular complexity index is 1990. The summed E-state index contributed by atoms with van der Waals surface area (Å²) in [6.07, 6.45) is 64.0. The SMILES string of the molecule is CCCCCCCCCCCCCCCCCCCCCCC(=O)O[C@H](COC(=O)CCCCCCCCCCCCCCCCCCC(C)C)COP(=O)(O)OC[C@@H](O)COP(=O)(O)OC[C@@H](COC(=O)CCCCCCCCC(C)CC)OC(=O)CCCCCCCCCCCCCC(C)C. The van der Waals surface area contributed by atoms with Crippen molar-refractivity contribution in [2.24, 2.45) is 17.8 Å². The number of hydrogen-bond acceptors (Lipinski definition) is 15. The molecular weight excluding hydrogens is 1340 g/mol. The van der Waals surface area contributed by atoms with Gasteiger partial charge in [0, 0.05) is 25.7 Å². The van der Waals surface area contributed by atoms with Crippen LogP contribution in [-0.4, -0.2) is 96.7 Å². The summed E-state index contributed by atoms with van der Waals surface area (Å²) >= 11 is 0. The van der Waals surface area contributed by atoms with Crippen molar-refractivity contribution in [1.29, 1.82) is 0 Å². The molecule has 0 aliphatic heterocycles. The largest absolute Gasteiger partial charge is 0.472 e. The zero-order chi connectivity index (χ0) is 75.8. The summed E-state index contributed by atoms with van der Waals surface area (Å²) in [6.45, 7) is 11.9. The van der Waals surface area contributed by atoms with Crippen molar-refractivity contribution < 1.29 is 80.2 Å². The fraction of sp³-hybridized carbons (Fsp3) is 0.952.